The first kappa shape index (κ1) is 14.3. The molecular weight excluding hydrogens is 222 g/mol. The molecular formula is C16H31NO. The highest BCUT2D eigenvalue weighted by Gasteiger charge is 2.41. The van der Waals surface area contributed by atoms with Crippen LogP contribution in [0.25, 0.3) is 0 Å². The summed E-state index contributed by atoms with van der Waals surface area (Å²) < 4.78 is 6.15. The van der Waals surface area contributed by atoms with Crippen molar-refractivity contribution < 1.29 is 4.74 Å². The second-order valence-electron chi connectivity index (χ2n) is 6.64. The second-order valence-corrected chi connectivity index (χ2v) is 6.64. The highest BCUT2D eigenvalue weighted by atomic mass is 16.5. The van der Waals surface area contributed by atoms with Crippen LogP contribution in [0, 0.1) is 11.8 Å². The third-order valence-electron chi connectivity index (χ3n) is 5.34. The molecule has 2 rings (SSSR count). The Kier molecular flexibility index (Phi) is 5.08. The van der Waals surface area contributed by atoms with Gasteiger partial charge in [-0.1, -0.05) is 33.1 Å². The maximum Gasteiger partial charge on any atom is 0.0685 e. The van der Waals surface area contributed by atoms with Gasteiger partial charge in [-0.2, -0.15) is 0 Å². The number of nitrogens with one attached hydrogen (secondary N) is 1. The summed E-state index contributed by atoms with van der Waals surface area (Å²) in [6.07, 6.45) is 10.6. The summed E-state index contributed by atoms with van der Waals surface area (Å²) in [6, 6.07) is 0.696. The van der Waals surface area contributed by atoms with Gasteiger partial charge in [0.1, 0.15) is 0 Å². The van der Waals surface area contributed by atoms with Gasteiger partial charge in [0.25, 0.3) is 0 Å². The van der Waals surface area contributed by atoms with Crippen LogP contribution in [0.2, 0.25) is 0 Å². The molecule has 1 heterocycles. The van der Waals surface area contributed by atoms with Crippen molar-refractivity contribution in [1.29, 1.82) is 0 Å². The van der Waals surface area contributed by atoms with Crippen molar-refractivity contribution in [3.05, 3.63) is 0 Å². The van der Waals surface area contributed by atoms with E-state index in [1.807, 2.05) is 0 Å². The Morgan fingerprint density at radius 2 is 2.06 bits per heavy atom. The average molecular weight is 253 g/mol. The quantitative estimate of drug-likeness (QED) is 0.805. The normalized spacial score (nSPS) is 30.5. The van der Waals surface area contributed by atoms with E-state index in [-0.39, 0.29) is 5.60 Å². The molecule has 2 aliphatic rings. The first-order chi connectivity index (χ1) is 8.69. The maximum atomic E-state index is 6.15. The predicted molar refractivity (Wildman–Crippen MR) is 76.8 cm³/mol. The van der Waals surface area contributed by atoms with Crippen LogP contribution < -0.4 is 5.32 Å². The van der Waals surface area contributed by atoms with Crippen molar-refractivity contribution >= 4 is 0 Å². The van der Waals surface area contributed by atoms with Gasteiger partial charge in [-0.15, -0.1) is 0 Å². The van der Waals surface area contributed by atoms with E-state index in [1.165, 1.54) is 51.4 Å². The van der Waals surface area contributed by atoms with E-state index in [9.17, 15) is 0 Å². The summed E-state index contributed by atoms with van der Waals surface area (Å²) >= 11 is 0. The van der Waals surface area contributed by atoms with E-state index < -0.39 is 0 Å². The van der Waals surface area contributed by atoms with Gasteiger partial charge in [-0.05, 0) is 51.0 Å². The Hall–Kier alpha value is -0.0800. The minimum Gasteiger partial charge on any atom is -0.375 e. The Morgan fingerprint density at radius 3 is 2.67 bits per heavy atom. The minimum absolute atomic E-state index is 0.271. The lowest BCUT2D eigenvalue weighted by Crippen LogP contribution is -2.45. The Morgan fingerprint density at radius 1 is 1.33 bits per heavy atom. The highest BCUT2D eigenvalue weighted by Crippen LogP contribution is 2.43. The molecule has 18 heavy (non-hydrogen) atoms. The molecule has 1 saturated carbocycles. The molecule has 2 fully saturated rings. The summed E-state index contributed by atoms with van der Waals surface area (Å²) in [5.74, 6) is 1.67. The Balaban J connectivity index is 1.93. The lowest BCUT2D eigenvalue weighted by molar-refractivity contribution is -0.0985. The average Bonchev–Trinajstić information content (AvgIpc) is 2.83. The topological polar surface area (TPSA) is 21.3 Å². The standard InChI is InChI=1S/C16H31NO/c1-4-13(2)11-15(17-3)14-7-10-18-16(12-14)8-5-6-9-16/h13-15,17H,4-12H2,1-3H3. The fraction of sp³-hybridized carbons (Fsp3) is 1.00. The molecule has 0 aromatic rings. The van der Waals surface area contributed by atoms with Crippen molar-refractivity contribution in [1.82, 2.24) is 5.32 Å². The third kappa shape index (κ3) is 3.27. The first-order valence-electron chi connectivity index (χ1n) is 8.00. The van der Waals surface area contributed by atoms with Gasteiger partial charge < -0.3 is 10.1 Å². The Bertz CT molecular complexity index is 247. The number of hydrogen-bond acceptors (Lipinski definition) is 2. The fourth-order valence-electron chi connectivity index (χ4n) is 3.92. The van der Waals surface area contributed by atoms with Crippen LogP contribution >= 0.6 is 0 Å². The first-order valence-corrected chi connectivity index (χ1v) is 8.00. The molecule has 1 spiro atoms. The van der Waals surface area contributed by atoms with Crippen molar-refractivity contribution in [2.45, 2.75) is 76.9 Å². The molecule has 1 aliphatic carbocycles. The molecule has 1 saturated heterocycles. The number of rotatable bonds is 5. The number of hydrogen-bond donors (Lipinski definition) is 1. The molecule has 2 heteroatoms. The largest absolute Gasteiger partial charge is 0.375 e. The summed E-state index contributed by atoms with van der Waals surface area (Å²) in [6.45, 7) is 5.68. The van der Waals surface area contributed by atoms with Gasteiger partial charge in [0.2, 0.25) is 0 Å². The maximum absolute atomic E-state index is 6.15. The molecule has 1 N–H and O–H groups in total. The summed E-state index contributed by atoms with van der Waals surface area (Å²) in [7, 11) is 2.14. The second kappa shape index (κ2) is 6.38. The SMILES string of the molecule is CCC(C)CC(NC)C1CCOC2(CCCC2)C1. The van der Waals surface area contributed by atoms with Crippen LogP contribution in [0.15, 0.2) is 0 Å². The van der Waals surface area contributed by atoms with E-state index in [1.54, 1.807) is 0 Å². The summed E-state index contributed by atoms with van der Waals surface area (Å²) in [5, 5.41) is 3.59. The number of ether oxygens (including phenoxy) is 1. The van der Waals surface area contributed by atoms with E-state index in [0.29, 0.717) is 6.04 Å². The van der Waals surface area contributed by atoms with Crippen LogP contribution in [-0.4, -0.2) is 25.3 Å². The molecule has 3 atom stereocenters. The van der Waals surface area contributed by atoms with Crippen LogP contribution in [0.1, 0.15) is 65.2 Å². The molecule has 3 unspecified atom stereocenters. The highest BCUT2D eigenvalue weighted by molar-refractivity contribution is 4.94. The summed E-state index contributed by atoms with van der Waals surface area (Å²) in [5.41, 5.74) is 0.271. The zero-order valence-corrected chi connectivity index (χ0v) is 12.5. The van der Waals surface area contributed by atoms with Crippen molar-refractivity contribution in [2.24, 2.45) is 11.8 Å². The minimum atomic E-state index is 0.271. The monoisotopic (exact) mass is 253 g/mol. The molecule has 1 aliphatic heterocycles. The van der Waals surface area contributed by atoms with E-state index in [4.69, 9.17) is 4.74 Å². The van der Waals surface area contributed by atoms with Gasteiger partial charge in [0, 0.05) is 12.6 Å². The zero-order chi connectivity index (χ0) is 13.0. The van der Waals surface area contributed by atoms with Crippen LogP contribution in [0.4, 0.5) is 0 Å². The van der Waals surface area contributed by atoms with Crippen LogP contribution in [0.5, 0.6) is 0 Å². The lowest BCUT2D eigenvalue weighted by atomic mass is 9.78. The molecule has 2 nitrogen and oxygen atoms in total. The van der Waals surface area contributed by atoms with E-state index >= 15 is 0 Å². The third-order valence-corrected chi connectivity index (χ3v) is 5.34. The fourth-order valence-corrected chi connectivity index (χ4v) is 3.92. The van der Waals surface area contributed by atoms with Gasteiger partial charge >= 0.3 is 0 Å². The van der Waals surface area contributed by atoms with Crippen molar-refractivity contribution in [3.63, 3.8) is 0 Å². The Labute approximate surface area is 113 Å². The van der Waals surface area contributed by atoms with Crippen molar-refractivity contribution in [3.8, 4) is 0 Å². The molecule has 0 amide bonds. The van der Waals surface area contributed by atoms with Gasteiger partial charge in [0.15, 0.2) is 0 Å². The van der Waals surface area contributed by atoms with Gasteiger partial charge in [-0.3, -0.25) is 0 Å². The molecule has 0 bridgehead atoms. The van der Waals surface area contributed by atoms with Crippen LogP contribution in [0.3, 0.4) is 0 Å². The van der Waals surface area contributed by atoms with Gasteiger partial charge in [-0.25, -0.2) is 0 Å². The molecule has 106 valence electrons. The van der Waals surface area contributed by atoms with E-state index in [2.05, 4.69) is 26.2 Å². The van der Waals surface area contributed by atoms with Gasteiger partial charge in [0.05, 0.1) is 5.60 Å². The van der Waals surface area contributed by atoms with Crippen LogP contribution in [-0.2, 0) is 4.74 Å². The predicted octanol–water partition coefficient (Wildman–Crippen LogP) is 3.75. The zero-order valence-electron chi connectivity index (χ0n) is 12.5. The smallest absolute Gasteiger partial charge is 0.0685 e. The molecule has 0 radical (unpaired) electrons. The van der Waals surface area contributed by atoms with E-state index in [0.717, 1.165) is 18.4 Å². The lowest BCUT2D eigenvalue weighted by Gasteiger charge is -2.42. The molecule has 0 aromatic carbocycles. The molecule has 0 aromatic heterocycles. The van der Waals surface area contributed by atoms with Crippen molar-refractivity contribution in [2.75, 3.05) is 13.7 Å². The summed E-state index contributed by atoms with van der Waals surface area (Å²) in [4.78, 5) is 0.